The van der Waals surface area contributed by atoms with Crippen molar-refractivity contribution < 1.29 is 0 Å². The Kier molecular flexibility index (Phi) is 8.49. The van der Waals surface area contributed by atoms with Crippen LogP contribution in [0.1, 0.15) is 118 Å². The minimum Gasteiger partial charge on any atom is -0.399 e. The molecule has 0 radical (unpaired) electrons. The molecule has 0 aliphatic heterocycles. The molecule has 4 aliphatic carbocycles. The first-order valence-electron chi connectivity index (χ1n) is 15.3. The number of hydrogen-bond acceptors (Lipinski definition) is 2. The highest BCUT2D eigenvalue weighted by Crippen LogP contribution is 2.68. The van der Waals surface area contributed by atoms with Crippen LogP contribution in [0.15, 0.2) is 24.3 Å². The molecular weight excluding hydrogens is 424 g/mol. The molecule has 2 unspecified atom stereocenters. The predicted molar refractivity (Wildman–Crippen MR) is 153 cm³/mol. The molecule has 0 spiro atoms. The van der Waals surface area contributed by atoms with Crippen molar-refractivity contribution in [3.8, 4) is 0 Å². The van der Waals surface area contributed by atoms with Crippen molar-refractivity contribution >= 4 is 11.4 Å². The lowest BCUT2D eigenvalue weighted by Crippen LogP contribution is -2.53. The summed E-state index contributed by atoms with van der Waals surface area (Å²) in [5, 5.41) is 0. The monoisotopic (exact) mass is 480 g/mol. The summed E-state index contributed by atoms with van der Waals surface area (Å²) in [4.78, 5) is 0. The van der Waals surface area contributed by atoms with E-state index in [4.69, 9.17) is 11.5 Å². The molecule has 4 N–H and O–H groups in total. The van der Waals surface area contributed by atoms with Crippen molar-refractivity contribution in [1.82, 2.24) is 0 Å². The van der Waals surface area contributed by atoms with Crippen molar-refractivity contribution in [1.29, 1.82) is 0 Å². The third-order valence-corrected chi connectivity index (χ3v) is 11.7. The molecule has 0 heterocycles. The van der Waals surface area contributed by atoms with Crippen LogP contribution in [0.4, 0.5) is 11.4 Å². The molecule has 8 atom stereocenters. The van der Waals surface area contributed by atoms with Crippen LogP contribution in [-0.2, 0) is 0 Å². The molecule has 2 heteroatoms. The van der Waals surface area contributed by atoms with Gasteiger partial charge in [-0.1, -0.05) is 72.8 Å². The Hall–Kier alpha value is -1.18. The van der Waals surface area contributed by atoms with Crippen LogP contribution in [0.5, 0.6) is 0 Å². The summed E-state index contributed by atoms with van der Waals surface area (Å²) in [5.74, 6) is 7.15. The summed E-state index contributed by atoms with van der Waals surface area (Å²) in [6.45, 7) is 12.9. The van der Waals surface area contributed by atoms with Crippen LogP contribution in [0.2, 0.25) is 0 Å². The summed E-state index contributed by atoms with van der Waals surface area (Å²) in [7, 11) is 0. The van der Waals surface area contributed by atoms with Gasteiger partial charge in [-0.25, -0.2) is 0 Å². The largest absolute Gasteiger partial charge is 0.399 e. The highest BCUT2D eigenvalue weighted by molar-refractivity contribution is 5.50. The van der Waals surface area contributed by atoms with E-state index in [2.05, 4.69) is 34.6 Å². The third kappa shape index (κ3) is 5.57. The van der Waals surface area contributed by atoms with Gasteiger partial charge in [0.2, 0.25) is 0 Å². The first-order chi connectivity index (χ1) is 16.6. The van der Waals surface area contributed by atoms with Crippen LogP contribution in [0.3, 0.4) is 0 Å². The lowest BCUT2D eigenvalue weighted by molar-refractivity contribution is -0.114. The molecule has 1 aromatic rings. The van der Waals surface area contributed by atoms with Crippen molar-refractivity contribution in [2.75, 3.05) is 11.5 Å². The SMILES string of the molecule is CC(C)CCCC(C)[C@H]1CC[C@H]2[C@@H]3CCC4CCCC[C@]4(C)[C@H]3CC[C@]12C.Nc1cccc(N)c1. The number of anilines is 2. The van der Waals surface area contributed by atoms with Gasteiger partial charge >= 0.3 is 0 Å². The Labute approximate surface area is 217 Å². The first kappa shape index (κ1) is 26.9. The van der Waals surface area contributed by atoms with E-state index in [1.54, 1.807) is 69.6 Å². The van der Waals surface area contributed by atoms with Crippen molar-refractivity contribution in [3.05, 3.63) is 24.3 Å². The molecule has 0 aromatic heterocycles. The second-order valence-electron chi connectivity index (χ2n) is 14.1. The molecule has 4 saturated carbocycles. The minimum atomic E-state index is 0.677. The Bertz CT molecular complexity index is 800. The van der Waals surface area contributed by atoms with Gasteiger partial charge in [0.05, 0.1) is 0 Å². The van der Waals surface area contributed by atoms with E-state index in [0.717, 1.165) is 41.4 Å². The average molecular weight is 481 g/mol. The van der Waals surface area contributed by atoms with E-state index in [1.807, 2.05) is 6.07 Å². The average Bonchev–Trinajstić information content (AvgIpc) is 3.16. The van der Waals surface area contributed by atoms with E-state index in [9.17, 15) is 0 Å². The van der Waals surface area contributed by atoms with E-state index in [1.165, 1.54) is 32.1 Å². The van der Waals surface area contributed by atoms with Crippen LogP contribution in [0, 0.1) is 52.3 Å². The maximum atomic E-state index is 5.38. The standard InChI is InChI=1S/C27H48.C6H8N2/c1-19(2)9-8-10-20(3)23-14-15-24-22-13-12-21-11-6-7-17-26(21,4)25(22)16-18-27(23,24)5;7-5-2-1-3-6(8)4-5/h19-25H,6-18H2,1-5H3;1-4H,7-8H2/t20?,21?,22-,23+,24-,25-,26-,27+;/m0./s1. The van der Waals surface area contributed by atoms with E-state index in [0.29, 0.717) is 22.2 Å². The minimum absolute atomic E-state index is 0.677. The van der Waals surface area contributed by atoms with Crippen molar-refractivity contribution in [2.24, 2.45) is 52.3 Å². The van der Waals surface area contributed by atoms with Gasteiger partial charge in [-0.15, -0.1) is 0 Å². The number of nitrogen functional groups attached to an aromatic ring is 2. The molecular formula is C33H56N2. The topological polar surface area (TPSA) is 52.0 Å². The number of benzene rings is 1. The van der Waals surface area contributed by atoms with Gasteiger partial charge in [-0.2, -0.15) is 0 Å². The Morgan fingerprint density at radius 1 is 0.800 bits per heavy atom. The zero-order valence-corrected chi connectivity index (χ0v) is 23.7. The van der Waals surface area contributed by atoms with Crippen molar-refractivity contribution in [3.63, 3.8) is 0 Å². The summed E-state index contributed by atoms with van der Waals surface area (Å²) in [6.07, 6.45) is 19.9. The van der Waals surface area contributed by atoms with Gasteiger partial charge < -0.3 is 11.5 Å². The molecule has 0 bridgehead atoms. The highest BCUT2D eigenvalue weighted by Gasteiger charge is 2.59. The quantitative estimate of drug-likeness (QED) is 0.412. The van der Waals surface area contributed by atoms with Gasteiger partial charge in [-0.05, 0) is 122 Å². The molecule has 2 nitrogen and oxygen atoms in total. The molecule has 198 valence electrons. The predicted octanol–water partition coefficient (Wildman–Crippen LogP) is 9.35. The van der Waals surface area contributed by atoms with Crippen LogP contribution < -0.4 is 11.5 Å². The number of hydrogen-bond donors (Lipinski definition) is 2. The van der Waals surface area contributed by atoms with E-state index >= 15 is 0 Å². The summed E-state index contributed by atoms with van der Waals surface area (Å²) in [5.41, 5.74) is 13.6. The van der Waals surface area contributed by atoms with E-state index < -0.39 is 0 Å². The molecule has 0 saturated heterocycles. The van der Waals surface area contributed by atoms with Crippen LogP contribution in [0.25, 0.3) is 0 Å². The number of rotatable bonds is 5. The smallest absolute Gasteiger partial charge is 0.0334 e. The summed E-state index contributed by atoms with van der Waals surface area (Å²) < 4.78 is 0. The normalized spacial score (nSPS) is 39.1. The Balaban J connectivity index is 0.000000308. The lowest BCUT2D eigenvalue weighted by atomic mass is 9.44. The van der Waals surface area contributed by atoms with Gasteiger partial charge in [0.1, 0.15) is 0 Å². The Morgan fingerprint density at radius 2 is 1.51 bits per heavy atom. The van der Waals surface area contributed by atoms with Crippen LogP contribution in [-0.4, -0.2) is 0 Å². The molecule has 4 aliphatic rings. The second-order valence-corrected chi connectivity index (χ2v) is 14.1. The molecule has 5 rings (SSSR count). The zero-order chi connectivity index (χ0) is 25.2. The first-order valence-corrected chi connectivity index (χ1v) is 15.3. The van der Waals surface area contributed by atoms with Gasteiger partial charge in [0.15, 0.2) is 0 Å². The molecule has 4 fully saturated rings. The van der Waals surface area contributed by atoms with E-state index in [-0.39, 0.29) is 0 Å². The molecule has 0 amide bonds. The fourth-order valence-electron chi connectivity index (χ4n) is 9.88. The molecule has 1 aromatic carbocycles. The van der Waals surface area contributed by atoms with Gasteiger partial charge in [-0.3, -0.25) is 0 Å². The Morgan fingerprint density at radius 3 is 2.17 bits per heavy atom. The third-order valence-electron chi connectivity index (χ3n) is 11.7. The summed E-state index contributed by atoms with van der Waals surface area (Å²) >= 11 is 0. The van der Waals surface area contributed by atoms with Gasteiger partial charge in [0.25, 0.3) is 0 Å². The number of nitrogens with two attached hydrogens (primary N) is 2. The maximum absolute atomic E-state index is 5.38. The second kappa shape index (κ2) is 11.1. The van der Waals surface area contributed by atoms with Crippen molar-refractivity contribution in [2.45, 2.75) is 118 Å². The lowest BCUT2D eigenvalue weighted by Gasteiger charge is -2.61. The van der Waals surface area contributed by atoms with Gasteiger partial charge in [0, 0.05) is 11.4 Å². The summed E-state index contributed by atoms with van der Waals surface area (Å²) in [6, 6.07) is 7.15. The highest BCUT2D eigenvalue weighted by atomic mass is 14.6. The van der Waals surface area contributed by atoms with Crippen LogP contribution >= 0.6 is 0 Å². The molecule has 35 heavy (non-hydrogen) atoms. The fraction of sp³-hybridized carbons (Fsp3) is 0.818. The maximum Gasteiger partial charge on any atom is 0.0334 e. The zero-order valence-electron chi connectivity index (χ0n) is 23.7. The fourth-order valence-corrected chi connectivity index (χ4v) is 9.88. The number of fused-ring (bicyclic) bond motifs is 5.